The Hall–Kier alpha value is -3.15. The van der Waals surface area contributed by atoms with E-state index in [0.29, 0.717) is 60.6 Å². The summed E-state index contributed by atoms with van der Waals surface area (Å²) in [5.41, 5.74) is 0.174. The molecular weight excluding hydrogens is 433 g/mol. The van der Waals surface area contributed by atoms with E-state index in [1.165, 1.54) is 0 Å². The number of hydrogen-bond donors (Lipinski definition) is 2. The smallest absolute Gasteiger partial charge is 0.188 e. The van der Waals surface area contributed by atoms with Crippen molar-refractivity contribution in [1.29, 1.82) is 0 Å². The number of ether oxygens (including phenoxy) is 1. The number of nitrogens with one attached hydrogen (secondary N) is 1. The first-order valence-corrected chi connectivity index (χ1v) is 10.6. The highest BCUT2D eigenvalue weighted by Gasteiger charge is 2.33. The van der Waals surface area contributed by atoms with Crippen molar-refractivity contribution < 1.29 is 14.2 Å². The molecule has 0 aliphatic carbocycles. The van der Waals surface area contributed by atoms with Crippen LogP contribution in [0.3, 0.4) is 0 Å². The van der Waals surface area contributed by atoms with Gasteiger partial charge in [0.2, 0.25) is 0 Å². The zero-order valence-electron chi connectivity index (χ0n) is 17.6. The van der Waals surface area contributed by atoms with E-state index >= 15 is 0 Å². The van der Waals surface area contributed by atoms with Crippen molar-refractivity contribution in [3.63, 3.8) is 0 Å². The van der Waals surface area contributed by atoms with Crippen LogP contribution in [0.25, 0.3) is 15.6 Å². The quantitative estimate of drug-likeness (QED) is 0.522. The van der Waals surface area contributed by atoms with Gasteiger partial charge in [-0.3, -0.25) is 0 Å². The second-order valence-corrected chi connectivity index (χ2v) is 8.29. The molecule has 1 saturated heterocycles. The Bertz CT molecular complexity index is 1170. The van der Waals surface area contributed by atoms with Crippen LogP contribution in [0, 0.1) is 6.57 Å². The third-order valence-electron chi connectivity index (χ3n) is 5.79. The third kappa shape index (κ3) is 4.40. The lowest BCUT2D eigenvalue weighted by Crippen LogP contribution is -2.46. The Morgan fingerprint density at radius 1 is 1.22 bits per heavy atom. The average Bonchev–Trinajstić information content (AvgIpc) is 2.83. The van der Waals surface area contributed by atoms with Crippen molar-refractivity contribution in [2.45, 2.75) is 25.0 Å². The van der Waals surface area contributed by atoms with E-state index in [0.717, 1.165) is 16.3 Å². The van der Waals surface area contributed by atoms with Crippen molar-refractivity contribution in [3.05, 3.63) is 58.4 Å². The molecule has 0 saturated carbocycles. The number of benzene rings is 2. The van der Waals surface area contributed by atoms with Gasteiger partial charge in [0.15, 0.2) is 17.3 Å². The summed E-state index contributed by atoms with van der Waals surface area (Å²) in [6.45, 7) is 8.04. The van der Waals surface area contributed by atoms with Crippen molar-refractivity contribution in [1.82, 2.24) is 10.2 Å². The van der Waals surface area contributed by atoms with Gasteiger partial charge in [-0.2, -0.15) is 0 Å². The van der Waals surface area contributed by atoms with Crippen LogP contribution in [0.2, 0.25) is 5.02 Å². The maximum absolute atomic E-state index is 13.1. The minimum absolute atomic E-state index is 0.324. The molecule has 7 nitrogen and oxygen atoms in total. The SMILES string of the molecule is [C-]#[N+]c1ccc2c(N3CCC(O)(CF)CC3)nnc(NCc3ccc(OC)c(Cl)c3)c2c1. The van der Waals surface area contributed by atoms with Gasteiger partial charge in [0, 0.05) is 30.4 Å². The van der Waals surface area contributed by atoms with Gasteiger partial charge in [0.25, 0.3) is 0 Å². The van der Waals surface area contributed by atoms with Crippen LogP contribution >= 0.6 is 11.6 Å². The highest BCUT2D eigenvalue weighted by molar-refractivity contribution is 6.32. The number of nitrogens with zero attached hydrogens (tertiary/aromatic N) is 4. The van der Waals surface area contributed by atoms with Crippen LogP contribution in [-0.2, 0) is 6.54 Å². The fourth-order valence-electron chi connectivity index (χ4n) is 3.84. The Morgan fingerprint density at radius 3 is 2.66 bits per heavy atom. The van der Waals surface area contributed by atoms with Gasteiger partial charge in [-0.1, -0.05) is 29.8 Å². The molecular formula is C23H23ClFN5O2. The molecule has 1 aliphatic rings. The van der Waals surface area contributed by atoms with Crippen LogP contribution < -0.4 is 15.0 Å². The van der Waals surface area contributed by atoms with Crippen LogP contribution in [0.15, 0.2) is 36.4 Å². The van der Waals surface area contributed by atoms with Crippen LogP contribution in [0.4, 0.5) is 21.7 Å². The van der Waals surface area contributed by atoms with Crippen molar-refractivity contribution in [2.75, 3.05) is 37.1 Å². The normalized spacial score (nSPS) is 15.4. The maximum Gasteiger partial charge on any atom is 0.188 e. The van der Waals surface area contributed by atoms with Crippen LogP contribution in [0.1, 0.15) is 18.4 Å². The van der Waals surface area contributed by atoms with Gasteiger partial charge in [-0.15, -0.1) is 10.2 Å². The Labute approximate surface area is 190 Å². The number of aromatic nitrogens is 2. The zero-order chi connectivity index (χ0) is 22.7. The summed E-state index contributed by atoms with van der Waals surface area (Å²) in [7, 11) is 1.57. The lowest BCUT2D eigenvalue weighted by atomic mass is 9.93. The van der Waals surface area contributed by atoms with E-state index in [9.17, 15) is 9.50 Å². The topological polar surface area (TPSA) is 74.9 Å². The number of methoxy groups -OCH3 is 1. The van der Waals surface area contributed by atoms with Gasteiger partial charge in [0.05, 0.1) is 24.3 Å². The molecule has 1 aromatic heterocycles. The number of anilines is 2. The molecule has 1 fully saturated rings. The Balaban J connectivity index is 1.63. The second-order valence-electron chi connectivity index (χ2n) is 7.88. The van der Waals surface area contributed by atoms with E-state index < -0.39 is 12.3 Å². The first-order chi connectivity index (χ1) is 15.5. The van der Waals surface area contributed by atoms with Crippen molar-refractivity contribution >= 4 is 39.7 Å². The summed E-state index contributed by atoms with van der Waals surface area (Å²) in [6.07, 6.45) is 0.649. The molecule has 2 heterocycles. The van der Waals surface area contributed by atoms with Crippen molar-refractivity contribution in [3.8, 4) is 5.75 Å². The lowest BCUT2D eigenvalue weighted by Gasteiger charge is -2.37. The van der Waals surface area contributed by atoms with Gasteiger partial charge >= 0.3 is 0 Å². The molecule has 9 heteroatoms. The molecule has 0 atom stereocenters. The minimum Gasteiger partial charge on any atom is -0.495 e. The number of piperidine rings is 1. The summed E-state index contributed by atoms with van der Waals surface area (Å²) in [6, 6.07) is 10.9. The average molecular weight is 456 g/mol. The predicted octanol–water partition coefficient (Wildman–Crippen LogP) is 4.76. The largest absolute Gasteiger partial charge is 0.495 e. The van der Waals surface area contributed by atoms with E-state index in [-0.39, 0.29) is 0 Å². The van der Waals surface area contributed by atoms with Gasteiger partial charge < -0.3 is 20.1 Å². The Kier molecular flexibility index (Phi) is 6.31. The third-order valence-corrected chi connectivity index (χ3v) is 6.09. The van der Waals surface area contributed by atoms with Gasteiger partial charge in [0.1, 0.15) is 12.4 Å². The van der Waals surface area contributed by atoms with Crippen LogP contribution in [0.5, 0.6) is 5.75 Å². The Morgan fingerprint density at radius 2 is 2.00 bits per heavy atom. The first-order valence-electron chi connectivity index (χ1n) is 10.2. The number of alkyl halides is 1. The molecule has 2 N–H and O–H groups in total. The number of rotatable bonds is 6. The summed E-state index contributed by atoms with van der Waals surface area (Å²) >= 11 is 6.22. The fourth-order valence-corrected chi connectivity index (χ4v) is 4.12. The molecule has 0 spiro atoms. The summed E-state index contributed by atoms with van der Waals surface area (Å²) in [4.78, 5) is 5.54. The molecule has 166 valence electrons. The number of aliphatic hydroxyl groups is 1. The number of fused-ring (bicyclic) bond motifs is 1. The van der Waals surface area contributed by atoms with Gasteiger partial charge in [-0.05, 0) is 36.6 Å². The zero-order valence-corrected chi connectivity index (χ0v) is 18.4. The van der Waals surface area contributed by atoms with E-state index in [2.05, 4.69) is 20.4 Å². The molecule has 0 radical (unpaired) electrons. The molecule has 0 amide bonds. The second kappa shape index (κ2) is 9.15. The van der Waals surface area contributed by atoms with E-state index in [1.54, 1.807) is 25.3 Å². The first kappa shape index (κ1) is 22.1. The van der Waals surface area contributed by atoms with Crippen molar-refractivity contribution in [2.24, 2.45) is 0 Å². The summed E-state index contributed by atoms with van der Waals surface area (Å²) < 4.78 is 18.3. The minimum atomic E-state index is -1.27. The molecule has 0 bridgehead atoms. The summed E-state index contributed by atoms with van der Waals surface area (Å²) in [5, 5.41) is 24.4. The predicted molar refractivity (Wildman–Crippen MR) is 124 cm³/mol. The molecule has 32 heavy (non-hydrogen) atoms. The number of hydrogen-bond acceptors (Lipinski definition) is 6. The highest BCUT2D eigenvalue weighted by Crippen LogP contribution is 2.35. The molecule has 3 aromatic rings. The van der Waals surface area contributed by atoms with E-state index in [4.69, 9.17) is 22.9 Å². The summed E-state index contributed by atoms with van der Waals surface area (Å²) in [5.74, 6) is 1.82. The molecule has 2 aromatic carbocycles. The van der Waals surface area contributed by atoms with Crippen LogP contribution in [-0.4, -0.2) is 47.8 Å². The van der Waals surface area contributed by atoms with E-state index in [1.807, 2.05) is 23.1 Å². The maximum atomic E-state index is 13.1. The molecule has 0 unspecified atom stereocenters. The van der Waals surface area contributed by atoms with Gasteiger partial charge in [-0.25, -0.2) is 9.24 Å². The fraction of sp³-hybridized carbons (Fsp3) is 0.348. The molecule has 1 aliphatic heterocycles. The standard InChI is InChI=1S/C23H23ClFN5O2/c1-26-16-4-5-17-18(12-16)21(27-13-15-3-6-20(32-2)19(24)11-15)28-29-22(17)30-9-7-23(31,14-25)8-10-30/h3-6,11-12,31H,7-10,13-14H2,2H3,(H,27,28). The lowest BCUT2D eigenvalue weighted by molar-refractivity contribution is -0.00611. The highest BCUT2D eigenvalue weighted by atomic mass is 35.5. The molecule has 4 rings (SSSR count). The number of halogens is 2. The monoisotopic (exact) mass is 455 g/mol.